The van der Waals surface area contributed by atoms with Gasteiger partial charge in [0.05, 0.1) is 10.0 Å². The van der Waals surface area contributed by atoms with Crippen LogP contribution in [0.3, 0.4) is 0 Å². The first kappa shape index (κ1) is 16.8. The van der Waals surface area contributed by atoms with Crippen molar-refractivity contribution >= 4 is 39.1 Å². The van der Waals surface area contributed by atoms with Gasteiger partial charge in [0.25, 0.3) is 0 Å². The quantitative estimate of drug-likeness (QED) is 0.681. The maximum absolute atomic E-state index is 13.6. The molecule has 0 aromatic heterocycles. The van der Waals surface area contributed by atoms with Crippen LogP contribution in [0.2, 0.25) is 10.0 Å². The second-order valence-electron chi connectivity index (χ2n) is 4.73. The zero-order valence-electron chi connectivity index (χ0n) is 11.5. The van der Waals surface area contributed by atoms with Gasteiger partial charge in [-0.25, -0.2) is 4.39 Å². The minimum Gasteiger partial charge on any atom is -0.310 e. The number of nitrogens with one attached hydrogen (secondary N) is 1. The number of rotatable bonds is 5. The van der Waals surface area contributed by atoms with Gasteiger partial charge in [-0.15, -0.1) is 0 Å². The molecular formula is C16H15BrCl2FN. The molecule has 1 nitrogen and oxygen atoms in total. The van der Waals surface area contributed by atoms with Gasteiger partial charge in [0.2, 0.25) is 0 Å². The lowest BCUT2D eigenvalue weighted by Crippen LogP contribution is -2.23. The molecule has 2 rings (SSSR count). The number of halogens is 4. The van der Waals surface area contributed by atoms with Gasteiger partial charge < -0.3 is 5.32 Å². The van der Waals surface area contributed by atoms with Gasteiger partial charge in [-0.05, 0) is 48.4 Å². The molecule has 0 saturated carbocycles. The van der Waals surface area contributed by atoms with Crippen LogP contribution < -0.4 is 5.32 Å². The molecule has 0 bridgehead atoms. The normalized spacial score (nSPS) is 12.4. The second-order valence-corrected chi connectivity index (χ2v) is 6.43. The van der Waals surface area contributed by atoms with Gasteiger partial charge >= 0.3 is 0 Å². The molecule has 2 aromatic carbocycles. The Bertz CT molecular complexity index is 613. The molecule has 0 heterocycles. The molecular weight excluding hydrogens is 376 g/mol. The highest BCUT2D eigenvalue weighted by atomic mass is 79.9. The van der Waals surface area contributed by atoms with E-state index in [1.54, 1.807) is 6.07 Å². The van der Waals surface area contributed by atoms with Crippen molar-refractivity contribution in [3.8, 4) is 0 Å². The Balaban J connectivity index is 2.32. The molecule has 21 heavy (non-hydrogen) atoms. The van der Waals surface area contributed by atoms with E-state index in [-0.39, 0.29) is 11.9 Å². The molecule has 0 fully saturated rings. The van der Waals surface area contributed by atoms with Crippen LogP contribution in [-0.2, 0) is 6.42 Å². The van der Waals surface area contributed by atoms with Gasteiger partial charge in [-0.2, -0.15) is 0 Å². The van der Waals surface area contributed by atoms with Crippen molar-refractivity contribution in [1.82, 2.24) is 5.32 Å². The highest BCUT2D eigenvalue weighted by molar-refractivity contribution is 9.10. The van der Waals surface area contributed by atoms with Crippen molar-refractivity contribution in [3.05, 3.63) is 67.9 Å². The third-order valence-electron chi connectivity index (χ3n) is 3.19. The molecule has 0 saturated heterocycles. The molecule has 0 radical (unpaired) electrons. The highest BCUT2D eigenvalue weighted by Gasteiger charge is 2.15. The van der Waals surface area contributed by atoms with E-state index < -0.39 is 0 Å². The Hall–Kier alpha value is -0.610. The van der Waals surface area contributed by atoms with Gasteiger partial charge in [0.15, 0.2) is 0 Å². The van der Waals surface area contributed by atoms with Crippen LogP contribution >= 0.6 is 39.1 Å². The summed E-state index contributed by atoms with van der Waals surface area (Å²) in [6, 6.07) is 10.4. The van der Waals surface area contributed by atoms with E-state index in [9.17, 15) is 4.39 Å². The van der Waals surface area contributed by atoms with Crippen molar-refractivity contribution in [3.63, 3.8) is 0 Å². The summed E-state index contributed by atoms with van der Waals surface area (Å²) in [6.07, 6.45) is 0.642. The number of likely N-dealkylation sites (N-methyl/N-ethyl adjacent to an activating group) is 1. The Morgan fingerprint density at radius 2 is 2.00 bits per heavy atom. The van der Waals surface area contributed by atoms with Gasteiger partial charge in [-0.3, -0.25) is 0 Å². The van der Waals surface area contributed by atoms with E-state index in [1.807, 2.05) is 25.1 Å². The van der Waals surface area contributed by atoms with Gasteiger partial charge in [-0.1, -0.05) is 58.2 Å². The van der Waals surface area contributed by atoms with Crippen molar-refractivity contribution in [2.75, 3.05) is 6.54 Å². The van der Waals surface area contributed by atoms with Crippen molar-refractivity contribution in [2.24, 2.45) is 0 Å². The number of benzene rings is 2. The average Bonchev–Trinajstić information content (AvgIpc) is 2.42. The number of hydrogen-bond donors (Lipinski definition) is 1. The van der Waals surface area contributed by atoms with Gasteiger partial charge in [0, 0.05) is 10.5 Å². The molecule has 1 atom stereocenters. The maximum Gasteiger partial charge on any atom is 0.124 e. The van der Waals surface area contributed by atoms with Crippen molar-refractivity contribution < 1.29 is 4.39 Å². The average molecular weight is 391 g/mol. The van der Waals surface area contributed by atoms with Crippen LogP contribution in [0.25, 0.3) is 0 Å². The fraction of sp³-hybridized carbons (Fsp3) is 0.250. The van der Waals surface area contributed by atoms with Gasteiger partial charge in [0.1, 0.15) is 5.82 Å². The van der Waals surface area contributed by atoms with Crippen LogP contribution in [0.1, 0.15) is 24.1 Å². The minimum atomic E-state index is -0.264. The molecule has 112 valence electrons. The molecule has 0 amide bonds. The Morgan fingerprint density at radius 1 is 1.24 bits per heavy atom. The van der Waals surface area contributed by atoms with E-state index in [2.05, 4.69) is 21.2 Å². The van der Waals surface area contributed by atoms with E-state index in [1.165, 1.54) is 12.1 Å². The summed E-state index contributed by atoms with van der Waals surface area (Å²) >= 11 is 15.6. The molecule has 0 spiro atoms. The topological polar surface area (TPSA) is 12.0 Å². The van der Waals surface area contributed by atoms with E-state index >= 15 is 0 Å². The molecule has 0 aliphatic heterocycles. The summed E-state index contributed by atoms with van der Waals surface area (Å²) < 4.78 is 14.3. The molecule has 1 unspecified atom stereocenters. The summed E-state index contributed by atoms with van der Waals surface area (Å²) in [5.74, 6) is -0.264. The smallest absolute Gasteiger partial charge is 0.124 e. The Labute approximate surface area is 142 Å². The van der Waals surface area contributed by atoms with Crippen LogP contribution in [0.5, 0.6) is 0 Å². The Morgan fingerprint density at radius 3 is 2.67 bits per heavy atom. The SMILES string of the molecule is CCNC(Cc1cccc(Cl)c1Cl)c1cc(F)cc(Br)c1. The summed E-state index contributed by atoms with van der Waals surface area (Å²) in [7, 11) is 0. The predicted octanol–water partition coefficient (Wildman–Crippen LogP) is 5.79. The molecule has 0 aliphatic carbocycles. The minimum absolute atomic E-state index is 0.0297. The first-order valence-corrected chi connectivity index (χ1v) is 8.18. The monoisotopic (exact) mass is 389 g/mol. The molecule has 2 aromatic rings. The molecule has 5 heteroatoms. The third-order valence-corrected chi connectivity index (χ3v) is 4.51. The van der Waals surface area contributed by atoms with Crippen LogP contribution in [-0.4, -0.2) is 6.54 Å². The van der Waals surface area contributed by atoms with Crippen molar-refractivity contribution in [1.29, 1.82) is 0 Å². The van der Waals surface area contributed by atoms with Crippen molar-refractivity contribution in [2.45, 2.75) is 19.4 Å². The highest BCUT2D eigenvalue weighted by Crippen LogP contribution is 2.30. The number of hydrogen-bond acceptors (Lipinski definition) is 1. The zero-order valence-corrected chi connectivity index (χ0v) is 14.6. The Kier molecular flexibility index (Phi) is 6.06. The first-order valence-electron chi connectivity index (χ1n) is 6.63. The standard InChI is InChI=1S/C16H15BrCl2FN/c1-2-21-15(11-6-12(17)9-13(20)7-11)8-10-4-3-5-14(18)16(10)19/h3-7,9,15,21H,2,8H2,1H3. The maximum atomic E-state index is 13.6. The second kappa shape index (κ2) is 7.59. The van der Waals surface area contributed by atoms with E-state index in [4.69, 9.17) is 23.2 Å². The zero-order chi connectivity index (χ0) is 15.4. The van der Waals surface area contributed by atoms with E-state index in [0.29, 0.717) is 16.5 Å². The lowest BCUT2D eigenvalue weighted by molar-refractivity contribution is 0.542. The van der Waals surface area contributed by atoms with Crippen LogP contribution in [0.15, 0.2) is 40.9 Å². The van der Waals surface area contributed by atoms with E-state index in [0.717, 1.165) is 22.1 Å². The largest absolute Gasteiger partial charge is 0.310 e. The summed E-state index contributed by atoms with van der Waals surface area (Å²) in [5.41, 5.74) is 1.82. The molecule has 0 aliphatic rings. The van der Waals surface area contributed by atoms with Crippen LogP contribution in [0, 0.1) is 5.82 Å². The lowest BCUT2D eigenvalue weighted by atomic mass is 9.98. The third kappa shape index (κ3) is 4.43. The first-order chi connectivity index (χ1) is 10.0. The molecule has 1 N–H and O–H groups in total. The summed E-state index contributed by atoms with van der Waals surface area (Å²) in [6.45, 7) is 2.79. The summed E-state index contributed by atoms with van der Waals surface area (Å²) in [4.78, 5) is 0. The predicted molar refractivity (Wildman–Crippen MR) is 90.7 cm³/mol. The fourth-order valence-electron chi connectivity index (χ4n) is 2.26. The van der Waals surface area contributed by atoms with Crippen LogP contribution in [0.4, 0.5) is 4.39 Å². The summed E-state index contributed by atoms with van der Waals surface area (Å²) in [5, 5.41) is 4.44. The fourth-order valence-corrected chi connectivity index (χ4v) is 3.14. The lowest BCUT2D eigenvalue weighted by Gasteiger charge is -2.20.